The lowest BCUT2D eigenvalue weighted by molar-refractivity contribution is 0.498. The minimum Gasteiger partial charge on any atom is -0.468 e. The van der Waals surface area contributed by atoms with E-state index in [9.17, 15) is 8.42 Å². The van der Waals surface area contributed by atoms with Crippen molar-refractivity contribution in [2.75, 3.05) is 0 Å². The van der Waals surface area contributed by atoms with Gasteiger partial charge in [-0.25, -0.2) is 13.1 Å². The van der Waals surface area contributed by atoms with Gasteiger partial charge in [-0.1, -0.05) is 60.7 Å². The molecule has 2 aromatic heterocycles. The highest BCUT2D eigenvalue weighted by Gasteiger charge is 2.24. The first-order valence-corrected chi connectivity index (χ1v) is 10.3. The zero-order chi connectivity index (χ0) is 19.4. The third kappa shape index (κ3) is 4.05. The van der Waals surface area contributed by atoms with Gasteiger partial charge in [-0.15, -0.1) is 0 Å². The van der Waals surface area contributed by atoms with Gasteiger partial charge >= 0.3 is 0 Å². The molecule has 0 saturated heterocycles. The van der Waals surface area contributed by atoms with Crippen molar-refractivity contribution in [3.8, 4) is 11.3 Å². The second kappa shape index (κ2) is 7.84. The molecule has 0 radical (unpaired) electrons. The van der Waals surface area contributed by atoms with Crippen LogP contribution in [0.15, 0.2) is 94.6 Å². The monoisotopic (exact) mass is 393 g/mol. The molecule has 0 aliphatic carbocycles. The highest BCUT2D eigenvalue weighted by molar-refractivity contribution is 7.89. The summed E-state index contributed by atoms with van der Waals surface area (Å²) >= 11 is 0. The first kappa shape index (κ1) is 18.2. The van der Waals surface area contributed by atoms with Crippen LogP contribution in [0.2, 0.25) is 0 Å². The molecule has 6 nitrogen and oxygen atoms in total. The van der Waals surface area contributed by atoms with Crippen molar-refractivity contribution in [2.24, 2.45) is 0 Å². The number of nitrogens with zero attached hydrogens (tertiary/aromatic N) is 2. The van der Waals surface area contributed by atoms with Crippen LogP contribution in [0.1, 0.15) is 11.3 Å². The molecule has 0 bridgehead atoms. The van der Waals surface area contributed by atoms with Gasteiger partial charge in [0.15, 0.2) is 0 Å². The van der Waals surface area contributed by atoms with E-state index >= 15 is 0 Å². The van der Waals surface area contributed by atoms with Crippen LogP contribution in [0.25, 0.3) is 11.3 Å². The molecule has 7 heteroatoms. The van der Waals surface area contributed by atoms with E-state index in [0.29, 0.717) is 18.0 Å². The fraction of sp³-hybridized carbons (Fsp3) is 0.0952. The molecule has 28 heavy (non-hydrogen) atoms. The summed E-state index contributed by atoms with van der Waals surface area (Å²) in [6, 6.07) is 22.5. The molecule has 0 saturated carbocycles. The average Bonchev–Trinajstić information content (AvgIpc) is 3.38. The summed E-state index contributed by atoms with van der Waals surface area (Å²) in [5.41, 5.74) is 2.20. The van der Waals surface area contributed by atoms with Gasteiger partial charge in [0.25, 0.3) is 0 Å². The molecule has 0 atom stereocenters. The van der Waals surface area contributed by atoms with Crippen molar-refractivity contribution in [1.29, 1.82) is 0 Å². The van der Waals surface area contributed by atoms with Gasteiger partial charge < -0.3 is 4.42 Å². The fourth-order valence-corrected chi connectivity index (χ4v) is 4.07. The minimum absolute atomic E-state index is 0.0768. The van der Waals surface area contributed by atoms with E-state index in [4.69, 9.17) is 4.42 Å². The topological polar surface area (TPSA) is 77.1 Å². The van der Waals surface area contributed by atoms with Gasteiger partial charge in [-0.05, 0) is 17.7 Å². The standard InChI is InChI=1S/C21H19N3O3S/c25-28(26,22-14-19-12-7-13-27-19)20-16-24(15-17-8-3-1-4-9-17)23-21(20)18-10-5-2-6-11-18/h1-13,16,22H,14-15H2. The van der Waals surface area contributed by atoms with Crippen LogP contribution in [0.3, 0.4) is 0 Å². The minimum atomic E-state index is -3.78. The largest absolute Gasteiger partial charge is 0.468 e. The Bertz CT molecular complexity index is 1140. The third-order valence-corrected chi connectivity index (χ3v) is 5.67. The van der Waals surface area contributed by atoms with Crippen LogP contribution >= 0.6 is 0 Å². The maximum Gasteiger partial charge on any atom is 0.244 e. The summed E-state index contributed by atoms with van der Waals surface area (Å²) in [7, 11) is -3.78. The Morgan fingerprint density at radius 3 is 2.32 bits per heavy atom. The molecular formula is C21H19N3O3S. The Hall–Kier alpha value is -3.16. The maximum absolute atomic E-state index is 13.0. The highest BCUT2D eigenvalue weighted by atomic mass is 32.2. The number of aromatic nitrogens is 2. The smallest absolute Gasteiger partial charge is 0.244 e. The van der Waals surface area contributed by atoms with Crippen molar-refractivity contribution in [3.05, 3.63) is 96.6 Å². The second-order valence-electron chi connectivity index (χ2n) is 6.30. The van der Waals surface area contributed by atoms with Crippen LogP contribution in [0.5, 0.6) is 0 Å². The quantitative estimate of drug-likeness (QED) is 0.520. The number of hydrogen-bond donors (Lipinski definition) is 1. The lowest BCUT2D eigenvalue weighted by Crippen LogP contribution is -2.23. The SMILES string of the molecule is O=S(=O)(NCc1ccco1)c1cn(Cc2ccccc2)nc1-c1ccccc1. The van der Waals surface area contributed by atoms with E-state index in [1.807, 2.05) is 60.7 Å². The Kier molecular flexibility index (Phi) is 5.10. The van der Waals surface area contributed by atoms with Crippen molar-refractivity contribution in [1.82, 2.24) is 14.5 Å². The molecule has 0 spiro atoms. The van der Waals surface area contributed by atoms with Gasteiger partial charge in [0.05, 0.1) is 19.4 Å². The average molecular weight is 393 g/mol. The predicted molar refractivity (Wildman–Crippen MR) is 106 cm³/mol. The zero-order valence-electron chi connectivity index (χ0n) is 15.0. The van der Waals surface area contributed by atoms with E-state index < -0.39 is 10.0 Å². The molecule has 142 valence electrons. The molecule has 0 unspecified atom stereocenters. The zero-order valence-corrected chi connectivity index (χ0v) is 15.8. The lowest BCUT2D eigenvalue weighted by Gasteiger charge is -2.05. The molecule has 2 aromatic carbocycles. The molecule has 0 amide bonds. The van der Waals surface area contributed by atoms with E-state index in [-0.39, 0.29) is 11.4 Å². The van der Waals surface area contributed by atoms with Crippen LogP contribution < -0.4 is 4.72 Å². The lowest BCUT2D eigenvalue weighted by atomic mass is 10.2. The Morgan fingerprint density at radius 1 is 0.929 bits per heavy atom. The Morgan fingerprint density at radius 2 is 1.64 bits per heavy atom. The second-order valence-corrected chi connectivity index (χ2v) is 8.03. The molecule has 0 aliphatic rings. The summed E-state index contributed by atoms with van der Waals surface area (Å²) in [4.78, 5) is 0.140. The number of furan rings is 1. The van der Waals surface area contributed by atoms with Crippen LogP contribution in [0.4, 0.5) is 0 Å². The van der Waals surface area contributed by atoms with Gasteiger partial charge in [-0.2, -0.15) is 5.10 Å². The molecule has 2 heterocycles. The summed E-state index contributed by atoms with van der Waals surface area (Å²) < 4.78 is 35.4. The fourth-order valence-electron chi connectivity index (χ4n) is 2.90. The van der Waals surface area contributed by atoms with Crippen molar-refractivity contribution in [3.63, 3.8) is 0 Å². The Labute approximate surface area is 163 Å². The normalized spacial score (nSPS) is 11.6. The summed E-state index contributed by atoms with van der Waals surface area (Å²) in [5.74, 6) is 0.543. The summed E-state index contributed by atoms with van der Waals surface area (Å²) in [6.07, 6.45) is 3.08. The first-order valence-electron chi connectivity index (χ1n) is 8.81. The predicted octanol–water partition coefficient (Wildman–Crippen LogP) is 3.67. The van der Waals surface area contributed by atoms with E-state index in [1.165, 1.54) is 6.26 Å². The number of nitrogens with one attached hydrogen (secondary N) is 1. The molecule has 1 N–H and O–H groups in total. The van der Waals surface area contributed by atoms with Gasteiger partial charge in [0.1, 0.15) is 16.3 Å². The van der Waals surface area contributed by atoms with E-state index in [1.54, 1.807) is 23.0 Å². The van der Waals surface area contributed by atoms with Gasteiger partial charge in [0.2, 0.25) is 10.0 Å². The molecular weight excluding hydrogens is 374 g/mol. The number of sulfonamides is 1. The van der Waals surface area contributed by atoms with Crippen LogP contribution in [-0.2, 0) is 23.1 Å². The Balaban J connectivity index is 1.69. The molecule has 4 aromatic rings. The van der Waals surface area contributed by atoms with Gasteiger partial charge in [-0.3, -0.25) is 4.68 Å². The van der Waals surface area contributed by atoms with Crippen molar-refractivity contribution < 1.29 is 12.8 Å². The van der Waals surface area contributed by atoms with Gasteiger partial charge in [0, 0.05) is 11.8 Å². The molecule has 4 rings (SSSR count). The molecule has 0 aliphatic heterocycles. The number of hydrogen-bond acceptors (Lipinski definition) is 4. The highest BCUT2D eigenvalue weighted by Crippen LogP contribution is 2.26. The summed E-state index contributed by atoms with van der Waals surface area (Å²) in [5, 5.41) is 4.56. The van der Waals surface area contributed by atoms with Crippen LogP contribution in [0, 0.1) is 0 Å². The summed E-state index contributed by atoms with van der Waals surface area (Å²) in [6.45, 7) is 0.557. The van der Waals surface area contributed by atoms with Crippen molar-refractivity contribution in [2.45, 2.75) is 18.0 Å². The first-order chi connectivity index (χ1) is 13.6. The molecule has 0 fully saturated rings. The van der Waals surface area contributed by atoms with E-state index in [2.05, 4.69) is 9.82 Å². The number of rotatable bonds is 7. The van der Waals surface area contributed by atoms with Crippen LogP contribution in [-0.4, -0.2) is 18.2 Å². The maximum atomic E-state index is 13.0. The number of benzene rings is 2. The third-order valence-electron chi connectivity index (χ3n) is 4.27. The van der Waals surface area contributed by atoms with Crippen molar-refractivity contribution >= 4 is 10.0 Å². The van der Waals surface area contributed by atoms with E-state index in [0.717, 1.165) is 11.1 Å².